The van der Waals surface area contributed by atoms with Crippen LogP contribution in [-0.4, -0.2) is 81.4 Å². The zero-order valence-electron chi connectivity index (χ0n) is 12.2. The average molecular weight is 306 g/mol. The zero-order valence-corrected chi connectivity index (χ0v) is 13.0. The van der Waals surface area contributed by atoms with Crippen LogP contribution in [0.25, 0.3) is 0 Å². The molecule has 0 bridgehead atoms. The van der Waals surface area contributed by atoms with E-state index in [0.717, 1.165) is 0 Å². The molecule has 1 heterocycles. The Bertz CT molecular complexity index is 462. The van der Waals surface area contributed by atoms with Crippen LogP contribution in [0.4, 0.5) is 0 Å². The zero-order chi connectivity index (χ0) is 15.3. The lowest BCUT2D eigenvalue weighted by Crippen LogP contribution is -2.45. The van der Waals surface area contributed by atoms with E-state index in [-0.39, 0.29) is 35.9 Å². The number of amides is 2. The molecular weight excluding hydrogens is 284 g/mol. The highest BCUT2D eigenvalue weighted by molar-refractivity contribution is 7.91. The molecule has 1 aliphatic heterocycles. The maximum atomic E-state index is 12.1. The van der Waals surface area contributed by atoms with Gasteiger partial charge in [-0.15, -0.1) is 0 Å². The number of hydrogen-bond acceptors (Lipinski definition) is 5. The molecule has 1 aliphatic rings. The summed E-state index contributed by atoms with van der Waals surface area (Å²) in [6.45, 7) is 2.04. The lowest BCUT2D eigenvalue weighted by molar-refractivity contribution is -0.140. The van der Waals surface area contributed by atoms with Crippen molar-refractivity contribution in [3.63, 3.8) is 0 Å². The number of sulfone groups is 1. The average Bonchev–Trinajstić information content (AvgIpc) is 2.73. The van der Waals surface area contributed by atoms with E-state index in [1.807, 2.05) is 0 Å². The third-order valence-corrected chi connectivity index (χ3v) is 5.24. The molecule has 1 atom stereocenters. The Balaban J connectivity index is 2.58. The first-order chi connectivity index (χ1) is 9.26. The summed E-state index contributed by atoms with van der Waals surface area (Å²) in [4.78, 5) is 26.4. The second-order valence-electron chi connectivity index (χ2n) is 4.99. The largest absolute Gasteiger partial charge is 0.383 e. The summed E-state index contributed by atoms with van der Waals surface area (Å²) in [5.41, 5.74) is 0. The van der Waals surface area contributed by atoms with E-state index >= 15 is 0 Å². The predicted molar refractivity (Wildman–Crippen MR) is 74.0 cm³/mol. The van der Waals surface area contributed by atoms with Gasteiger partial charge in [0.05, 0.1) is 24.7 Å². The molecule has 0 N–H and O–H groups in total. The fraction of sp³-hybridized carbons (Fsp3) is 0.833. The van der Waals surface area contributed by atoms with Crippen molar-refractivity contribution >= 4 is 21.7 Å². The van der Waals surface area contributed by atoms with Crippen molar-refractivity contribution in [2.45, 2.75) is 19.4 Å². The van der Waals surface area contributed by atoms with Crippen LogP contribution < -0.4 is 0 Å². The van der Waals surface area contributed by atoms with E-state index in [4.69, 9.17) is 4.74 Å². The second-order valence-corrected chi connectivity index (χ2v) is 7.22. The minimum Gasteiger partial charge on any atom is -0.383 e. The van der Waals surface area contributed by atoms with Crippen LogP contribution in [0.1, 0.15) is 13.3 Å². The van der Waals surface area contributed by atoms with Gasteiger partial charge in [-0.2, -0.15) is 0 Å². The number of hydrogen-bond donors (Lipinski definition) is 0. The number of ether oxygens (including phenoxy) is 1. The number of likely N-dealkylation sites (N-methyl/N-ethyl adjacent to an activating group) is 1. The normalized spacial score (nSPS) is 20.6. The Morgan fingerprint density at radius 2 is 2.00 bits per heavy atom. The van der Waals surface area contributed by atoms with Crippen LogP contribution in [0, 0.1) is 0 Å². The van der Waals surface area contributed by atoms with Gasteiger partial charge in [0, 0.05) is 33.7 Å². The summed E-state index contributed by atoms with van der Waals surface area (Å²) < 4.78 is 27.7. The van der Waals surface area contributed by atoms with Crippen molar-refractivity contribution in [1.29, 1.82) is 0 Å². The quantitative estimate of drug-likeness (QED) is 0.637. The topological polar surface area (TPSA) is 84.0 Å². The molecule has 20 heavy (non-hydrogen) atoms. The van der Waals surface area contributed by atoms with Crippen LogP contribution >= 0.6 is 0 Å². The van der Waals surface area contributed by atoms with E-state index in [2.05, 4.69) is 0 Å². The van der Waals surface area contributed by atoms with E-state index in [1.54, 1.807) is 7.05 Å². The standard InChI is InChI=1S/C12H22N2O5S/c1-10(15)14(5-6-19-3)8-12(16)13(2)11-4-7-20(17,18)9-11/h11H,4-9H2,1-3H3. The van der Waals surface area contributed by atoms with Crippen LogP contribution in [-0.2, 0) is 24.2 Å². The summed E-state index contributed by atoms with van der Waals surface area (Å²) >= 11 is 0. The van der Waals surface area contributed by atoms with Crippen molar-refractivity contribution in [2.75, 3.05) is 45.4 Å². The molecule has 1 rings (SSSR count). The summed E-state index contributed by atoms with van der Waals surface area (Å²) in [6.07, 6.45) is 0.461. The number of carbonyl (C=O) groups excluding carboxylic acids is 2. The first kappa shape index (κ1) is 16.9. The van der Waals surface area contributed by atoms with Crippen LogP contribution in [0.15, 0.2) is 0 Å². The number of rotatable bonds is 6. The molecule has 1 saturated heterocycles. The first-order valence-corrected chi connectivity index (χ1v) is 8.29. The minimum absolute atomic E-state index is 0.00732. The molecule has 7 nitrogen and oxygen atoms in total. The van der Waals surface area contributed by atoms with E-state index in [1.165, 1.54) is 23.8 Å². The van der Waals surface area contributed by atoms with E-state index in [0.29, 0.717) is 19.6 Å². The summed E-state index contributed by atoms with van der Waals surface area (Å²) in [5.74, 6) is -0.329. The number of nitrogens with zero attached hydrogens (tertiary/aromatic N) is 2. The molecule has 1 unspecified atom stereocenters. The molecule has 1 fully saturated rings. The van der Waals surface area contributed by atoms with Gasteiger partial charge < -0.3 is 14.5 Å². The minimum atomic E-state index is -3.03. The van der Waals surface area contributed by atoms with Crippen molar-refractivity contribution in [3.8, 4) is 0 Å². The molecule has 0 spiro atoms. The van der Waals surface area contributed by atoms with Crippen molar-refractivity contribution in [3.05, 3.63) is 0 Å². The van der Waals surface area contributed by atoms with E-state index in [9.17, 15) is 18.0 Å². The molecule has 8 heteroatoms. The fourth-order valence-electron chi connectivity index (χ4n) is 2.11. The second kappa shape index (κ2) is 7.03. The van der Waals surface area contributed by atoms with Crippen molar-refractivity contribution < 1.29 is 22.7 Å². The van der Waals surface area contributed by atoms with Gasteiger partial charge in [0.25, 0.3) is 0 Å². The van der Waals surface area contributed by atoms with Gasteiger partial charge in [0.15, 0.2) is 9.84 Å². The van der Waals surface area contributed by atoms with Gasteiger partial charge in [0.1, 0.15) is 0 Å². The first-order valence-electron chi connectivity index (χ1n) is 6.47. The third kappa shape index (κ3) is 4.75. The van der Waals surface area contributed by atoms with Crippen molar-refractivity contribution in [1.82, 2.24) is 9.80 Å². The monoisotopic (exact) mass is 306 g/mol. The number of carbonyl (C=O) groups is 2. The highest BCUT2D eigenvalue weighted by atomic mass is 32.2. The molecular formula is C12H22N2O5S. The summed E-state index contributed by atoms with van der Waals surface area (Å²) in [6, 6.07) is -0.288. The van der Waals surface area contributed by atoms with E-state index < -0.39 is 9.84 Å². The van der Waals surface area contributed by atoms with Crippen LogP contribution in [0.5, 0.6) is 0 Å². The van der Waals surface area contributed by atoms with Gasteiger partial charge in [-0.3, -0.25) is 9.59 Å². The molecule has 0 aromatic rings. The van der Waals surface area contributed by atoms with Crippen LogP contribution in [0.2, 0.25) is 0 Å². The SMILES string of the molecule is COCCN(CC(=O)N(C)C1CCS(=O)(=O)C1)C(C)=O. The molecule has 0 aliphatic carbocycles. The van der Waals surface area contributed by atoms with Gasteiger partial charge in [-0.1, -0.05) is 0 Å². The van der Waals surface area contributed by atoms with Crippen molar-refractivity contribution in [2.24, 2.45) is 0 Å². The smallest absolute Gasteiger partial charge is 0.242 e. The molecule has 116 valence electrons. The fourth-order valence-corrected chi connectivity index (χ4v) is 3.88. The van der Waals surface area contributed by atoms with Gasteiger partial charge in [-0.05, 0) is 6.42 Å². The lowest BCUT2D eigenvalue weighted by atomic mass is 10.2. The molecule has 0 aromatic heterocycles. The third-order valence-electron chi connectivity index (χ3n) is 3.49. The Hall–Kier alpha value is -1.15. The molecule has 2 amide bonds. The molecule has 0 saturated carbocycles. The Morgan fingerprint density at radius 1 is 1.35 bits per heavy atom. The lowest BCUT2D eigenvalue weighted by Gasteiger charge is -2.27. The highest BCUT2D eigenvalue weighted by Gasteiger charge is 2.33. The maximum Gasteiger partial charge on any atom is 0.242 e. The summed E-state index contributed by atoms with van der Waals surface area (Å²) in [5, 5.41) is 0. The molecule has 0 aromatic carbocycles. The highest BCUT2D eigenvalue weighted by Crippen LogP contribution is 2.16. The maximum absolute atomic E-state index is 12.1. The Labute approximate surface area is 119 Å². The predicted octanol–water partition coefficient (Wildman–Crippen LogP) is -0.873. The Morgan fingerprint density at radius 3 is 2.45 bits per heavy atom. The van der Waals surface area contributed by atoms with Crippen LogP contribution in [0.3, 0.4) is 0 Å². The van der Waals surface area contributed by atoms with Gasteiger partial charge in [0.2, 0.25) is 11.8 Å². The number of methoxy groups -OCH3 is 1. The van der Waals surface area contributed by atoms with Gasteiger partial charge in [-0.25, -0.2) is 8.42 Å². The van der Waals surface area contributed by atoms with Gasteiger partial charge >= 0.3 is 0 Å². The Kier molecular flexibility index (Phi) is 5.94. The summed E-state index contributed by atoms with van der Waals surface area (Å²) in [7, 11) is 0.0818. The molecule has 0 radical (unpaired) electrons.